The summed E-state index contributed by atoms with van der Waals surface area (Å²) in [5, 5.41) is 3.63. The Balaban J connectivity index is 2.40. The van der Waals surface area contributed by atoms with Crippen molar-refractivity contribution in [1.29, 1.82) is 0 Å². The summed E-state index contributed by atoms with van der Waals surface area (Å²) in [6.45, 7) is 0. The van der Waals surface area contributed by atoms with E-state index in [9.17, 15) is 0 Å². The first-order valence-electron chi connectivity index (χ1n) is 4.91. The quantitative estimate of drug-likeness (QED) is 0.837. The second-order valence-corrected chi connectivity index (χ2v) is 5.13. The number of halogens is 2. The lowest BCUT2D eigenvalue weighted by Crippen LogP contribution is -2.15. The highest BCUT2D eigenvalue weighted by molar-refractivity contribution is 9.10. The molecule has 0 atom stereocenters. The van der Waals surface area contributed by atoms with Crippen molar-refractivity contribution in [3.8, 4) is 0 Å². The zero-order chi connectivity index (χ0) is 13.1. The van der Waals surface area contributed by atoms with Crippen molar-refractivity contribution in [2.45, 2.75) is 0 Å². The number of nitrogens with two attached hydrogens (primary N) is 1. The molecule has 0 saturated heterocycles. The highest BCUT2D eigenvalue weighted by atomic mass is 79.9. The number of rotatable bonds is 3. The van der Waals surface area contributed by atoms with E-state index in [0.717, 1.165) is 4.47 Å². The van der Waals surface area contributed by atoms with Crippen molar-refractivity contribution in [2.24, 2.45) is 5.73 Å². The first kappa shape index (κ1) is 13.2. The number of nitrogens with zero attached hydrogens (tertiary/aromatic N) is 2. The summed E-state index contributed by atoms with van der Waals surface area (Å²) in [4.78, 5) is 8.41. The number of aromatic nitrogens is 2. The Morgan fingerprint density at radius 2 is 2.06 bits per heavy atom. The maximum atomic E-state index is 6.08. The van der Waals surface area contributed by atoms with E-state index < -0.39 is 0 Å². The van der Waals surface area contributed by atoms with Gasteiger partial charge in [0.15, 0.2) is 5.82 Å². The Hall–Kier alpha value is -1.24. The highest BCUT2D eigenvalue weighted by Crippen LogP contribution is 2.28. The third kappa shape index (κ3) is 2.95. The molecule has 1 aromatic heterocycles. The molecule has 3 N–H and O–H groups in total. The number of benzene rings is 1. The van der Waals surface area contributed by atoms with Crippen molar-refractivity contribution in [3.63, 3.8) is 0 Å². The van der Waals surface area contributed by atoms with Gasteiger partial charge in [0.25, 0.3) is 0 Å². The van der Waals surface area contributed by atoms with Crippen LogP contribution in [0.15, 0.2) is 35.1 Å². The molecule has 0 fully saturated rings. The lowest BCUT2D eigenvalue weighted by Gasteiger charge is -2.10. The molecule has 0 amide bonds. The third-order valence-corrected chi connectivity index (χ3v) is 3.13. The SMILES string of the molecule is NC(=S)c1nccnc1Nc1cc(Br)ccc1Cl. The number of nitrogens with one attached hydrogen (secondary N) is 1. The van der Waals surface area contributed by atoms with Crippen LogP contribution in [-0.4, -0.2) is 15.0 Å². The zero-order valence-corrected chi connectivity index (χ0v) is 12.2. The van der Waals surface area contributed by atoms with Gasteiger partial charge in [-0.05, 0) is 18.2 Å². The van der Waals surface area contributed by atoms with E-state index in [1.165, 1.54) is 6.20 Å². The van der Waals surface area contributed by atoms with E-state index in [0.29, 0.717) is 22.2 Å². The summed E-state index contributed by atoms with van der Waals surface area (Å²) in [7, 11) is 0. The molecule has 0 saturated carbocycles. The number of hydrogen-bond donors (Lipinski definition) is 2. The maximum absolute atomic E-state index is 6.08. The fourth-order valence-electron chi connectivity index (χ4n) is 1.33. The molecule has 0 bridgehead atoms. The molecule has 2 aromatic rings. The largest absolute Gasteiger partial charge is 0.388 e. The Morgan fingerprint density at radius 3 is 2.78 bits per heavy atom. The van der Waals surface area contributed by atoms with Crippen LogP contribution in [0.25, 0.3) is 0 Å². The van der Waals surface area contributed by atoms with E-state index in [2.05, 4.69) is 31.2 Å². The van der Waals surface area contributed by atoms with Gasteiger partial charge in [-0.3, -0.25) is 0 Å². The molecule has 2 rings (SSSR count). The molecular weight excluding hydrogens is 336 g/mol. The van der Waals surface area contributed by atoms with Crippen molar-refractivity contribution in [2.75, 3.05) is 5.32 Å². The molecule has 0 aliphatic heterocycles. The van der Waals surface area contributed by atoms with Gasteiger partial charge in [0, 0.05) is 16.9 Å². The smallest absolute Gasteiger partial charge is 0.159 e. The van der Waals surface area contributed by atoms with E-state index in [-0.39, 0.29) is 4.99 Å². The van der Waals surface area contributed by atoms with E-state index in [4.69, 9.17) is 29.6 Å². The third-order valence-electron chi connectivity index (χ3n) is 2.11. The molecule has 1 heterocycles. The molecule has 7 heteroatoms. The van der Waals surface area contributed by atoms with Gasteiger partial charge >= 0.3 is 0 Å². The normalized spacial score (nSPS) is 10.1. The van der Waals surface area contributed by atoms with Crippen LogP contribution in [0.2, 0.25) is 5.02 Å². The van der Waals surface area contributed by atoms with Gasteiger partial charge in [0.1, 0.15) is 10.7 Å². The van der Waals surface area contributed by atoms with Gasteiger partial charge in [-0.2, -0.15) is 0 Å². The number of hydrogen-bond acceptors (Lipinski definition) is 4. The first-order valence-corrected chi connectivity index (χ1v) is 6.48. The molecular formula is C11H8BrClN4S. The van der Waals surface area contributed by atoms with Gasteiger partial charge < -0.3 is 11.1 Å². The minimum atomic E-state index is 0.178. The molecule has 0 unspecified atom stereocenters. The van der Waals surface area contributed by atoms with E-state index in [1.807, 2.05) is 12.1 Å². The predicted octanol–water partition coefficient (Wildman–Crippen LogP) is 3.27. The van der Waals surface area contributed by atoms with Crippen LogP contribution in [-0.2, 0) is 0 Å². The van der Waals surface area contributed by atoms with Crippen LogP contribution in [0.5, 0.6) is 0 Å². The van der Waals surface area contributed by atoms with Crippen LogP contribution in [0.3, 0.4) is 0 Å². The first-order chi connectivity index (χ1) is 8.58. The Morgan fingerprint density at radius 1 is 1.33 bits per heavy atom. The predicted molar refractivity (Wildman–Crippen MR) is 80.4 cm³/mol. The molecule has 0 spiro atoms. The Labute approximate surface area is 123 Å². The van der Waals surface area contributed by atoms with Crippen LogP contribution >= 0.6 is 39.7 Å². The summed E-state index contributed by atoms with van der Waals surface area (Å²) in [6.07, 6.45) is 3.08. The van der Waals surface area contributed by atoms with Crippen LogP contribution in [0.4, 0.5) is 11.5 Å². The molecule has 0 aliphatic rings. The Bertz CT molecular complexity index is 605. The lowest BCUT2D eigenvalue weighted by molar-refractivity contribution is 1.18. The molecule has 1 aromatic carbocycles. The van der Waals surface area contributed by atoms with Crippen LogP contribution < -0.4 is 11.1 Å². The van der Waals surface area contributed by atoms with Gasteiger partial charge in [0.05, 0.1) is 10.7 Å². The summed E-state index contributed by atoms with van der Waals surface area (Å²) >= 11 is 14.4. The van der Waals surface area contributed by atoms with E-state index in [1.54, 1.807) is 12.3 Å². The van der Waals surface area contributed by atoms with Crippen molar-refractivity contribution in [1.82, 2.24) is 9.97 Å². The molecule has 0 radical (unpaired) electrons. The monoisotopic (exact) mass is 342 g/mol. The topological polar surface area (TPSA) is 63.8 Å². The molecule has 92 valence electrons. The average molecular weight is 344 g/mol. The fourth-order valence-corrected chi connectivity index (χ4v) is 2.01. The fraction of sp³-hybridized carbons (Fsp3) is 0. The van der Waals surface area contributed by atoms with Crippen molar-refractivity contribution >= 4 is 56.2 Å². The van der Waals surface area contributed by atoms with E-state index >= 15 is 0 Å². The second-order valence-electron chi connectivity index (χ2n) is 3.37. The number of anilines is 2. The summed E-state index contributed by atoms with van der Waals surface area (Å²) in [5.74, 6) is 0.477. The van der Waals surface area contributed by atoms with Gasteiger partial charge in [0.2, 0.25) is 0 Å². The number of thiocarbonyl (C=S) groups is 1. The van der Waals surface area contributed by atoms with Crippen molar-refractivity contribution in [3.05, 3.63) is 45.8 Å². The van der Waals surface area contributed by atoms with Crippen molar-refractivity contribution < 1.29 is 0 Å². The minimum Gasteiger partial charge on any atom is -0.388 e. The summed E-state index contributed by atoms with van der Waals surface area (Å²) in [6, 6.07) is 5.45. The van der Waals surface area contributed by atoms with Gasteiger partial charge in [-0.15, -0.1) is 0 Å². The Kier molecular flexibility index (Phi) is 4.11. The van der Waals surface area contributed by atoms with Crippen LogP contribution in [0, 0.1) is 0 Å². The second kappa shape index (κ2) is 5.60. The van der Waals surface area contributed by atoms with Gasteiger partial charge in [-0.25, -0.2) is 9.97 Å². The zero-order valence-electron chi connectivity index (χ0n) is 9.02. The maximum Gasteiger partial charge on any atom is 0.159 e. The summed E-state index contributed by atoms with van der Waals surface area (Å²) in [5.41, 5.74) is 6.71. The van der Waals surface area contributed by atoms with Gasteiger partial charge in [-0.1, -0.05) is 39.7 Å². The lowest BCUT2D eigenvalue weighted by atomic mass is 10.3. The van der Waals surface area contributed by atoms with Crippen LogP contribution in [0.1, 0.15) is 5.69 Å². The average Bonchev–Trinajstić information content (AvgIpc) is 2.34. The molecule has 18 heavy (non-hydrogen) atoms. The summed E-state index contributed by atoms with van der Waals surface area (Å²) < 4.78 is 0.898. The molecule has 4 nitrogen and oxygen atoms in total. The standard InChI is InChI=1S/C11H8BrClN4S/c12-6-1-2-7(13)8(5-6)17-11-9(10(14)18)15-3-4-16-11/h1-5H,(H2,14,18)(H,16,17). The molecule has 0 aliphatic carbocycles. The minimum absolute atomic E-state index is 0.178. The highest BCUT2D eigenvalue weighted by Gasteiger charge is 2.09.